The number of halogens is 1. The molecule has 0 radical (unpaired) electrons. The second-order valence-corrected chi connectivity index (χ2v) is 4.82. The number of aliphatic hydroxyl groups excluding tert-OH is 1. The van der Waals surface area contributed by atoms with Gasteiger partial charge in [-0.2, -0.15) is 0 Å². The van der Waals surface area contributed by atoms with Gasteiger partial charge in [-0.3, -0.25) is 0 Å². The Balaban J connectivity index is 1.96. The van der Waals surface area contributed by atoms with Crippen molar-refractivity contribution in [1.29, 1.82) is 0 Å². The number of rotatable bonds is 4. The van der Waals surface area contributed by atoms with Crippen molar-refractivity contribution in [3.63, 3.8) is 0 Å². The van der Waals surface area contributed by atoms with Crippen molar-refractivity contribution in [1.82, 2.24) is 10.6 Å². The molecule has 0 heterocycles. The zero-order valence-electron chi connectivity index (χ0n) is 10.7. The third kappa shape index (κ3) is 3.67. The minimum atomic E-state index is -0.256. The summed E-state index contributed by atoms with van der Waals surface area (Å²) in [5.41, 5.74) is 1.06. The summed E-state index contributed by atoms with van der Waals surface area (Å²) in [5.74, 6) is -0.00702. The van der Waals surface area contributed by atoms with Crippen LogP contribution in [0.4, 0.5) is 9.18 Å². The number of hydrogen-bond acceptors (Lipinski definition) is 2. The fourth-order valence-corrected chi connectivity index (χ4v) is 2.63. The molecule has 0 spiro atoms. The average Bonchev–Trinajstić information content (AvgIpc) is 2.85. The van der Waals surface area contributed by atoms with Crippen LogP contribution in [-0.2, 0) is 0 Å². The number of urea groups is 1. The van der Waals surface area contributed by atoms with E-state index in [0.29, 0.717) is 0 Å². The lowest BCUT2D eigenvalue weighted by Crippen LogP contribution is -2.43. The molecular weight excluding hydrogens is 247 g/mol. The van der Waals surface area contributed by atoms with Gasteiger partial charge in [-0.15, -0.1) is 0 Å². The van der Waals surface area contributed by atoms with E-state index in [1.54, 1.807) is 12.1 Å². The van der Waals surface area contributed by atoms with Crippen molar-refractivity contribution < 1.29 is 14.3 Å². The molecule has 0 saturated heterocycles. The zero-order valence-corrected chi connectivity index (χ0v) is 10.7. The molecule has 1 aliphatic carbocycles. The first kappa shape index (κ1) is 13.8. The topological polar surface area (TPSA) is 61.4 Å². The zero-order chi connectivity index (χ0) is 13.7. The Kier molecular flexibility index (Phi) is 4.74. The molecule has 5 heteroatoms. The summed E-state index contributed by atoms with van der Waals surface area (Å²) in [6.45, 7) is 0.180. The average molecular weight is 266 g/mol. The molecule has 0 aromatic heterocycles. The Hall–Kier alpha value is -1.62. The van der Waals surface area contributed by atoms with Crippen molar-refractivity contribution in [2.24, 2.45) is 0 Å². The maximum atomic E-state index is 12.9. The summed E-state index contributed by atoms with van der Waals surface area (Å²) >= 11 is 0. The molecule has 1 fully saturated rings. The van der Waals surface area contributed by atoms with Crippen molar-refractivity contribution in [3.05, 3.63) is 35.6 Å². The van der Waals surface area contributed by atoms with E-state index in [9.17, 15) is 9.18 Å². The van der Waals surface area contributed by atoms with Crippen LogP contribution in [-0.4, -0.2) is 30.3 Å². The normalized spacial score (nSPS) is 22.2. The molecule has 2 atom stereocenters. The standard InChI is InChI=1S/C14H19FN2O2/c15-11-6-4-10(5-7-11)12-2-1-3-13(12)17-14(19)16-8-9-18/h4-7,12-13,18H,1-3,8-9H2,(H2,16,17,19). The van der Waals surface area contributed by atoms with Gasteiger partial charge in [-0.25, -0.2) is 9.18 Å². The van der Waals surface area contributed by atoms with Crippen molar-refractivity contribution in [3.8, 4) is 0 Å². The fraction of sp³-hybridized carbons (Fsp3) is 0.500. The van der Waals surface area contributed by atoms with Crippen LogP contribution in [0.25, 0.3) is 0 Å². The van der Waals surface area contributed by atoms with Crippen LogP contribution in [0.2, 0.25) is 0 Å². The van der Waals surface area contributed by atoms with Gasteiger partial charge in [0.2, 0.25) is 0 Å². The Morgan fingerprint density at radius 2 is 2.05 bits per heavy atom. The van der Waals surface area contributed by atoms with Crippen LogP contribution >= 0.6 is 0 Å². The Morgan fingerprint density at radius 1 is 1.32 bits per heavy atom. The van der Waals surface area contributed by atoms with Crippen molar-refractivity contribution >= 4 is 6.03 Å². The van der Waals surface area contributed by atoms with E-state index in [0.717, 1.165) is 24.8 Å². The van der Waals surface area contributed by atoms with E-state index in [1.807, 2.05) is 0 Å². The molecule has 2 unspecified atom stereocenters. The summed E-state index contributed by atoms with van der Waals surface area (Å²) in [6.07, 6.45) is 2.97. The Morgan fingerprint density at radius 3 is 2.74 bits per heavy atom. The molecular formula is C14H19FN2O2. The largest absolute Gasteiger partial charge is 0.395 e. The van der Waals surface area contributed by atoms with Crippen LogP contribution in [0.1, 0.15) is 30.7 Å². The molecule has 1 aromatic rings. The molecule has 0 bridgehead atoms. The summed E-state index contributed by atoms with van der Waals surface area (Å²) in [4.78, 5) is 11.6. The van der Waals surface area contributed by atoms with Gasteiger partial charge in [0.05, 0.1) is 6.61 Å². The number of hydrogen-bond donors (Lipinski definition) is 3. The van der Waals surface area contributed by atoms with Crippen LogP contribution in [0.3, 0.4) is 0 Å². The number of carbonyl (C=O) groups is 1. The molecule has 19 heavy (non-hydrogen) atoms. The maximum Gasteiger partial charge on any atom is 0.315 e. The molecule has 1 aliphatic rings. The lowest BCUT2D eigenvalue weighted by atomic mass is 9.94. The van der Waals surface area contributed by atoms with E-state index in [4.69, 9.17) is 5.11 Å². The van der Waals surface area contributed by atoms with Gasteiger partial charge in [-0.1, -0.05) is 18.6 Å². The van der Waals surface area contributed by atoms with E-state index < -0.39 is 0 Å². The number of benzene rings is 1. The second-order valence-electron chi connectivity index (χ2n) is 4.82. The third-order valence-corrected chi connectivity index (χ3v) is 3.53. The van der Waals surface area contributed by atoms with Gasteiger partial charge >= 0.3 is 6.03 Å². The fourth-order valence-electron chi connectivity index (χ4n) is 2.63. The highest BCUT2D eigenvalue weighted by Gasteiger charge is 2.29. The maximum absolute atomic E-state index is 12.9. The summed E-state index contributed by atoms with van der Waals surface area (Å²) < 4.78 is 12.9. The predicted molar refractivity (Wildman–Crippen MR) is 70.4 cm³/mol. The van der Waals surface area contributed by atoms with E-state index >= 15 is 0 Å². The Bertz CT molecular complexity index is 422. The van der Waals surface area contributed by atoms with Crippen molar-refractivity contribution in [2.45, 2.75) is 31.2 Å². The summed E-state index contributed by atoms with van der Waals surface area (Å²) in [7, 11) is 0. The van der Waals surface area contributed by atoms with Gasteiger partial charge < -0.3 is 15.7 Å². The van der Waals surface area contributed by atoms with Gasteiger partial charge in [-0.05, 0) is 30.5 Å². The molecule has 3 N–H and O–H groups in total. The van der Waals surface area contributed by atoms with Gasteiger partial charge in [0.15, 0.2) is 0 Å². The third-order valence-electron chi connectivity index (χ3n) is 3.53. The second kappa shape index (κ2) is 6.52. The minimum absolute atomic E-state index is 0.0700. The number of aliphatic hydroxyl groups is 1. The highest BCUT2D eigenvalue weighted by molar-refractivity contribution is 5.74. The molecule has 4 nitrogen and oxygen atoms in total. The number of nitrogens with one attached hydrogen (secondary N) is 2. The quantitative estimate of drug-likeness (QED) is 0.777. The molecule has 104 valence electrons. The van der Waals surface area contributed by atoms with Gasteiger partial charge in [0.1, 0.15) is 5.82 Å². The molecule has 1 aromatic carbocycles. The SMILES string of the molecule is O=C(NCCO)NC1CCCC1c1ccc(F)cc1. The lowest BCUT2D eigenvalue weighted by molar-refractivity contribution is 0.229. The minimum Gasteiger partial charge on any atom is -0.395 e. The van der Waals surface area contributed by atoms with Crippen LogP contribution in [0.15, 0.2) is 24.3 Å². The highest BCUT2D eigenvalue weighted by Crippen LogP contribution is 2.34. The lowest BCUT2D eigenvalue weighted by Gasteiger charge is -2.21. The van der Waals surface area contributed by atoms with Gasteiger partial charge in [0.25, 0.3) is 0 Å². The van der Waals surface area contributed by atoms with Crippen molar-refractivity contribution in [2.75, 3.05) is 13.2 Å². The highest BCUT2D eigenvalue weighted by atomic mass is 19.1. The number of carbonyl (C=O) groups excluding carboxylic acids is 1. The first-order valence-electron chi connectivity index (χ1n) is 6.61. The molecule has 0 aliphatic heterocycles. The van der Waals surface area contributed by atoms with E-state index in [1.165, 1.54) is 12.1 Å². The number of amides is 2. The monoisotopic (exact) mass is 266 g/mol. The predicted octanol–water partition coefficient (Wildman–Crippen LogP) is 1.75. The van der Waals surface area contributed by atoms with E-state index in [2.05, 4.69) is 10.6 Å². The Labute approximate surface area is 112 Å². The van der Waals surface area contributed by atoms with E-state index in [-0.39, 0.29) is 37.0 Å². The molecule has 1 saturated carbocycles. The van der Waals surface area contributed by atoms with Crippen LogP contribution in [0, 0.1) is 5.82 Å². The summed E-state index contributed by atoms with van der Waals surface area (Å²) in [6, 6.07) is 6.29. The molecule has 2 amide bonds. The van der Waals surface area contributed by atoms with Crippen LogP contribution < -0.4 is 10.6 Å². The van der Waals surface area contributed by atoms with Crippen LogP contribution in [0.5, 0.6) is 0 Å². The summed E-state index contributed by atoms with van der Waals surface area (Å²) in [5, 5.41) is 14.2. The first-order valence-corrected chi connectivity index (χ1v) is 6.61. The molecule has 2 rings (SSSR count). The first-order chi connectivity index (χ1) is 9.20. The van der Waals surface area contributed by atoms with Gasteiger partial charge in [0, 0.05) is 18.5 Å². The smallest absolute Gasteiger partial charge is 0.315 e.